The number of rotatable bonds is 5. The maximum absolute atomic E-state index is 8.96. The lowest BCUT2D eigenvalue weighted by atomic mass is 10.2. The second kappa shape index (κ2) is 10.2. The van der Waals surface area contributed by atoms with Gasteiger partial charge in [-0.3, -0.25) is 9.80 Å². The number of β-amino-alcohol motifs (C(OH)–C–C–N with tert-alkyl or cyclic N) is 1. The second-order valence-electron chi connectivity index (χ2n) is 5.47. The van der Waals surface area contributed by atoms with Crippen LogP contribution in [0, 0.1) is 0 Å². The van der Waals surface area contributed by atoms with Crippen molar-refractivity contribution < 1.29 is 9.52 Å². The lowest BCUT2D eigenvalue weighted by Gasteiger charge is -2.33. The number of benzene rings is 1. The van der Waals surface area contributed by atoms with Crippen LogP contribution in [0.15, 0.2) is 34.9 Å². The molecular formula is C16H22Cl3N3O2. The maximum atomic E-state index is 8.96. The average Bonchev–Trinajstić information content (AvgIpc) is 2.99. The molecule has 0 atom stereocenters. The van der Waals surface area contributed by atoms with E-state index < -0.39 is 0 Å². The Kier molecular flexibility index (Phi) is 9.05. The van der Waals surface area contributed by atoms with Crippen LogP contribution in [-0.2, 0) is 6.54 Å². The van der Waals surface area contributed by atoms with Crippen molar-refractivity contribution in [1.82, 2.24) is 14.8 Å². The molecule has 24 heavy (non-hydrogen) atoms. The first kappa shape index (κ1) is 21.2. The first-order valence-electron chi connectivity index (χ1n) is 7.51. The highest BCUT2D eigenvalue weighted by atomic mass is 35.5. The quantitative estimate of drug-likeness (QED) is 0.845. The number of aromatic nitrogens is 1. The molecule has 0 radical (unpaired) electrons. The number of aliphatic hydroxyl groups excluding tert-OH is 1. The number of aliphatic hydroxyl groups is 1. The fourth-order valence-corrected chi connectivity index (χ4v) is 2.76. The fraction of sp³-hybridized carbons (Fsp3) is 0.438. The van der Waals surface area contributed by atoms with E-state index in [2.05, 4.69) is 14.8 Å². The fourth-order valence-electron chi connectivity index (χ4n) is 2.63. The predicted octanol–water partition coefficient (Wildman–Crippen LogP) is 2.95. The Balaban J connectivity index is 0.00000144. The molecule has 2 heterocycles. The summed E-state index contributed by atoms with van der Waals surface area (Å²) in [5, 5.41) is 9.67. The molecule has 0 amide bonds. The van der Waals surface area contributed by atoms with Crippen LogP contribution in [0.2, 0.25) is 5.02 Å². The summed E-state index contributed by atoms with van der Waals surface area (Å²) in [5.74, 6) is 1.51. The van der Waals surface area contributed by atoms with E-state index in [4.69, 9.17) is 21.1 Å². The smallest absolute Gasteiger partial charge is 0.209 e. The molecule has 134 valence electrons. The summed E-state index contributed by atoms with van der Waals surface area (Å²) in [5.41, 5.74) is 0.982. The number of nitrogens with zero attached hydrogens (tertiary/aromatic N) is 3. The highest BCUT2D eigenvalue weighted by Gasteiger charge is 2.18. The lowest BCUT2D eigenvalue weighted by Crippen LogP contribution is -2.46. The normalized spacial score (nSPS) is 15.6. The van der Waals surface area contributed by atoms with Gasteiger partial charge >= 0.3 is 0 Å². The summed E-state index contributed by atoms with van der Waals surface area (Å²) in [4.78, 5) is 8.96. The van der Waals surface area contributed by atoms with Crippen molar-refractivity contribution in [3.63, 3.8) is 0 Å². The number of hydrogen-bond donors (Lipinski definition) is 1. The summed E-state index contributed by atoms with van der Waals surface area (Å²) >= 11 is 5.89. The molecule has 1 aliphatic heterocycles. The Bertz CT molecular complexity index is 599. The standard InChI is InChI=1S/C16H20ClN3O2.2ClH/c17-14-3-1-13(2-4-14)15-11-18-16(22-15)12-20-7-5-19(6-8-20)9-10-21;;/h1-4,11,21H,5-10,12H2;2*1H. The van der Waals surface area contributed by atoms with E-state index in [1.54, 1.807) is 6.20 Å². The SMILES string of the molecule is Cl.Cl.OCCN1CCN(Cc2ncc(-c3ccc(Cl)cc3)o2)CC1. The zero-order chi connectivity index (χ0) is 15.4. The van der Waals surface area contributed by atoms with Crippen molar-refractivity contribution in [3.05, 3.63) is 41.4 Å². The molecule has 1 N–H and O–H groups in total. The molecule has 1 aromatic heterocycles. The van der Waals surface area contributed by atoms with E-state index in [0.717, 1.165) is 56.5 Å². The third-order valence-electron chi connectivity index (χ3n) is 3.92. The number of oxazole rings is 1. The van der Waals surface area contributed by atoms with Gasteiger partial charge in [-0.05, 0) is 24.3 Å². The maximum Gasteiger partial charge on any atom is 0.209 e. The van der Waals surface area contributed by atoms with Crippen LogP contribution < -0.4 is 0 Å². The molecule has 8 heteroatoms. The van der Waals surface area contributed by atoms with Gasteiger partial charge in [0.05, 0.1) is 19.3 Å². The third kappa shape index (κ3) is 5.62. The molecule has 0 aliphatic carbocycles. The Hall–Kier alpha value is -0.820. The second-order valence-corrected chi connectivity index (χ2v) is 5.90. The highest BCUT2D eigenvalue weighted by Crippen LogP contribution is 2.22. The first-order valence-corrected chi connectivity index (χ1v) is 7.88. The molecule has 0 spiro atoms. The van der Waals surface area contributed by atoms with Crippen LogP contribution in [0.3, 0.4) is 0 Å². The van der Waals surface area contributed by atoms with Crippen LogP contribution in [0.5, 0.6) is 0 Å². The molecule has 3 rings (SSSR count). The molecular weight excluding hydrogens is 373 g/mol. The van der Waals surface area contributed by atoms with Gasteiger partial charge in [-0.1, -0.05) is 11.6 Å². The molecule has 5 nitrogen and oxygen atoms in total. The van der Waals surface area contributed by atoms with Crippen molar-refractivity contribution in [1.29, 1.82) is 0 Å². The van der Waals surface area contributed by atoms with Gasteiger partial charge < -0.3 is 9.52 Å². The van der Waals surface area contributed by atoms with E-state index >= 15 is 0 Å². The molecule has 0 saturated carbocycles. The number of piperazine rings is 1. The van der Waals surface area contributed by atoms with Gasteiger partial charge in [-0.2, -0.15) is 0 Å². The zero-order valence-corrected chi connectivity index (χ0v) is 15.6. The summed E-state index contributed by atoms with van der Waals surface area (Å²) in [6.45, 7) is 5.60. The minimum absolute atomic E-state index is 0. The zero-order valence-electron chi connectivity index (χ0n) is 13.2. The summed E-state index contributed by atoms with van der Waals surface area (Å²) < 4.78 is 5.84. The highest BCUT2D eigenvalue weighted by molar-refractivity contribution is 6.30. The van der Waals surface area contributed by atoms with Crippen molar-refractivity contribution >= 4 is 36.4 Å². The van der Waals surface area contributed by atoms with Crippen LogP contribution in [-0.4, -0.2) is 59.2 Å². The van der Waals surface area contributed by atoms with Gasteiger partial charge in [0, 0.05) is 43.3 Å². The molecule has 0 unspecified atom stereocenters. The van der Waals surface area contributed by atoms with E-state index in [1.807, 2.05) is 24.3 Å². The van der Waals surface area contributed by atoms with Crippen LogP contribution in [0.25, 0.3) is 11.3 Å². The molecule has 1 fully saturated rings. The van der Waals surface area contributed by atoms with Gasteiger partial charge in [0.25, 0.3) is 0 Å². The third-order valence-corrected chi connectivity index (χ3v) is 4.17. The van der Waals surface area contributed by atoms with Gasteiger partial charge in [0.2, 0.25) is 5.89 Å². The average molecular weight is 395 g/mol. The van der Waals surface area contributed by atoms with Gasteiger partial charge in [-0.25, -0.2) is 4.98 Å². The van der Waals surface area contributed by atoms with Crippen molar-refractivity contribution in [2.24, 2.45) is 0 Å². The molecule has 1 aliphatic rings. The molecule has 0 bridgehead atoms. The minimum atomic E-state index is 0. The summed E-state index contributed by atoms with van der Waals surface area (Å²) in [7, 11) is 0. The van der Waals surface area contributed by atoms with Crippen LogP contribution in [0.1, 0.15) is 5.89 Å². The van der Waals surface area contributed by atoms with Crippen LogP contribution >= 0.6 is 36.4 Å². The van der Waals surface area contributed by atoms with E-state index in [1.165, 1.54) is 0 Å². The van der Waals surface area contributed by atoms with Gasteiger partial charge in [-0.15, -0.1) is 24.8 Å². The molecule has 1 aromatic carbocycles. The predicted molar refractivity (Wildman–Crippen MR) is 100 cm³/mol. The number of hydrogen-bond acceptors (Lipinski definition) is 5. The number of halogens is 3. The Morgan fingerprint density at radius 1 is 1.04 bits per heavy atom. The Morgan fingerprint density at radius 2 is 1.67 bits per heavy atom. The van der Waals surface area contributed by atoms with Crippen molar-refractivity contribution in [2.45, 2.75) is 6.54 Å². The largest absolute Gasteiger partial charge is 0.439 e. The topological polar surface area (TPSA) is 52.7 Å². The molecule has 1 saturated heterocycles. The van der Waals surface area contributed by atoms with Crippen molar-refractivity contribution in [2.75, 3.05) is 39.3 Å². The monoisotopic (exact) mass is 393 g/mol. The van der Waals surface area contributed by atoms with Crippen LogP contribution in [0.4, 0.5) is 0 Å². The Morgan fingerprint density at radius 3 is 2.29 bits per heavy atom. The van der Waals surface area contributed by atoms with Gasteiger partial charge in [0.15, 0.2) is 5.76 Å². The Labute approximate surface area is 159 Å². The summed E-state index contributed by atoms with van der Waals surface area (Å²) in [6.07, 6.45) is 1.76. The van der Waals surface area contributed by atoms with Gasteiger partial charge in [0.1, 0.15) is 0 Å². The summed E-state index contributed by atoms with van der Waals surface area (Å²) in [6, 6.07) is 7.56. The first-order chi connectivity index (χ1) is 10.7. The molecule has 2 aromatic rings. The van der Waals surface area contributed by atoms with E-state index in [0.29, 0.717) is 5.02 Å². The minimum Gasteiger partial charge on any atom is -0.439 e. The lowest BCUT2D eigenvalue weighted by molar-refractivity contribution is 0.103. The van der Waals surface area contributed by atoms with E-state index in [9.17, 15) is 0 Å². The van der Waals surface area contributed by atoms with E-state index in [-0.39, 0.29) is 31.4 Å². The van der Waals surface area contributed by atoms with Crippen molar-refractivity contribution in [3.8, 4) is 11.3 Å².